The Kier molecular flexibility index (Phi) is 4.52. The number of rotatable bonds is 4. The van der Waals surface area contributed by atoms with E-state index in [1.807, 2.05) is 24.3 Å². The minimum absolute atomic E-state index is 0.0266. The third-order valence-electron chi connectivity index (χ3n) is 6.01. The van der Waals surface area contributed by atoms with Gasteiger partial charge < -0.3 is 20.1 Å². The summed E-state index contributed by atoms with van der Waals surface area (Å²) in [5.74, 6) is 0.209. The molecule has 5 rings (SSSR count). The molecule has 0 spiro atoms. The van der Waals surface area contributed by atoms with Crippen molar-refractivity contribution in [3.63, 3.8) is 0 Å². The summed E-state index contributed by atoms with van der Waals surface area (Å²) < 4.78 is 19.3. The van der Waals surface area contributed by atoms with Crippen LogP contribution >= 0.6 is 0 Å². The Morgan fingerprint density at radius 3 is 2.52 bits per heavy atom. The monoisotopic (exact) mass is 416 g/mol. The first-order valence-electron chi connectivity index (χ1n) is 10.4. The summed E-state index contributed by atoms with van der Waals surface area (Å²) in [6, 6.07) is 16.9. The highest BCUT2D eigenvalue weighted by atomic mass is 19.1. The molecule has 3 aromatic rings. The van der Waals surface area contributed by atoms with Gasteiger partial charge in [-0.1, -0.05) is 18.2 Å². The SMILES string of the molecule is COc1cc(F)ccc1-c1ccc2c3c1CN(c1ccc(CO)cc1)C3=CC(C)(C)N2. The van der Waals surface area contributed by atoms with Gasteiger partial charge in [0, 0.05) is 40.8 Å². The van der Waals surface area contributed by atoms with Gasteiger partial charge in [-0.3, -0.25) is 0 Å². The molecule has 0 bridgehead atoms. The number of nitrogens with zero attached hydrogens (tertiary/aromatic N) is 1. The molecule has 0 aromatic heterocycles. The van der Waals surface area contributed by atoms with E-state index in [9.17, 15) is 9.50 Å². The standard InChI is InChI=1S/C26H25FN2O2/c1-26(2)13-23-25-21(14-29(23)18-7-4-16(15-30)5-8-18)19(10-11-22(25)28-26)20-9-6-17(27)12-24(20)31-3/h4-13,28,30H,14-15H2,1-3H3. The number of ether oxygens (including phenoxy) is 1. The second kappa shape index (κ2) is 7.13. The minimum Gasteiger partial charge on any atom is -0.496 e. The zero-order chi connectivity index (χ0) is 21.8. The Labute approximate surface area is 181 Å². The molecule has 2 N–H and O–H groups in total. The fourth-order valence-corrected chi connectivity index (χ4v) is 4.61. The number of hydrogen-bond acceptors (Lipinski definition) is 4. The number of aliphatic hydroxyl groups excluding tert-OH is 1. The molecule has 2 heterocycles. The van der Waals surface area contributed by atoms with Crippen LogP contribution in [0.25, 0.3) is 16.8 Å². The zero-order valence-corrected chi connectivity index (χ0v) is 17.9. The summed E-state index contributed by atoms with van der Waals surface area (Å²) in [5, 5.41) is 13.0. The molecule has 0 aliphatic carbocycles. The summed E-state index contributed by atoms with van der Waals surface area (Å²) in [7, 11) is 1.57. The normalized spacial score (nSPS) is 15.9. The van der Waals surface area contributed by atoms with Gasteiger partial charge in [0.1, 0.15) is 11.6 Å². The van der Waals surface area contributed by atoms with Gasteiger partial charge in [0.05, 0.1) is 19.3 Å². The molecule has 0 amide bonds. The molecule has 2 aliphatic heterocycles. The second-order valence-electron chi connectivity index (χ2n) is 8.65. The number of anilines is 2. The maximum atomic E-state index is 13.8. The van der Waals surface area contributed by atoms with Crippen LogP contribution < -0.4 is 15.0 Å². The lowest BCUT2D eigenvalue weighted by molar-refractivity contribution is 0.282. The van der Waals surface area contributed by atoms with Crippen molar-refractivity contribution in [2.45, 2.75) is 32.5 Å². The second-order valence-corrected chi connectivity index (χ2v) is 8.65. The summed E-state index contributed by atoms with van der Waals surface area (Å²) in [6.45, 7) is 5.04. The number of halogens is 1. The molecule has 0 fully saturated rings. The van der Waals surface area contributed by atoms with Gasteiger partial charge in [0.25, 0.3) is 0 Å². The van der Waals surface area contributed by atoms with Crippen molar-refractivity contribution >= 4 is 17.1 Å². The maximum Gasteiger partial charge on any atom is 0.129 e. The van der Waals surface area contributed by atoms with Crippen molar-refractivity contribution in [1.82, 2.24) is 0 Å². The predicted molar refractivity (Wildman–Crippen MR) is 123 cm³/mol. The predicted octanol–water partition coefficient (Wildman–Crippen LogP) is 5.56. The lowest BCUT2D eigenvalue weighted by Gasteiger charge is -2.33. The molecular formula is C26H25FN2O2. The first-order chi connectivity index (χ1) is 14.9. The molecule has 4 nitrogen and oxygen atoms in total. The van der Waals surface area contributed by atoms with Gasteiger partial charge in [-0.2, -0.15) is 0 Å². The summed E-state index contributed by atoms with van der Waals surface area (Å²) in [4.78, 5) is 2.30. The summed E-state index contributed by atoms with van der Waals surface area (Å²) in [6.07, 6.45) is 2.26. The van der Waals surface area contributed by atoms with E-state index >= 15 is 0 Å². The van der Waals surface area contributed by atoms with Crippen LogP contribution in [0.15, 0.2) is 60.7 Å². The molecular weight excluding hydrogens is 391 g/mol. The summed E-state index contributed by atoms with van der Waals surface area (Å²) in [5.41, 5.74) is 8.30. The molecule has 3 aromatic carbocycles. The molecule has 2 aliphatic rings. The highest BCUT2D eigenvalue weighted by Gasteiger charge is 2.36. The Bertz CT molecular complexity index is 1200. The van der Waals surface area contributed by atoms with E-state index in [-0.39, 0.29) is 18.0 Å². The van der Waals surface area contributed by atoms with Gasteiger partial charge in [-0.05, 0) is 66.9 Å². The first kappa shape index (κ1) is 19.6. The van der Waals surface area contributed by atoms with Crippen molar-refractivity contribution in [2.24, 2.45) is 0 Å². The Hall–Kier alpha value is -3.31. The molecule has 31 heavy (non-hydrogen) atoms. The van der Waals surface area contributed by atoms with E-state index in [2.05, 4.69) is 42.3 Å². The van der Waals surface area contributed by atoms with Crippen LogP contribution in [0.2, 0.25) is 0 Å². The molecule has 158 valence electrons. The quantitative estimate of drug-likeness (QED) is 0.585. The Morgan fingerprint density at radius 2 is 1.81 bits per heavy atom. The van der Waals surface area contributed by atoms with Gasteiger partial charge in [0.2, 0.25) is 0 Å². The van der Waals surface area contributed by atoms with Crippen molar-refractivity contribution in [3.05, 3.63) is 83.2 Å². The molecule has 0 atom stereocenters. The van der Waals surface area contributed by atoms with E-state index in [0.717, 1.165) is 33.8 Å². The summed E-state index contributed by atoms with van der Waals surface area (Å²) >= 11 is 0. The van der Waals surface area contributed by atoms with Crippen molar-refractivity contribution in [1.29, 1.82) is 0 Å². The molecule has 0 unspecified atom stereocenters. The largest absolute Gasteiger partial charge is 0.496 e. The number of aliphatic hydroxyl groups is 1. The third kappa shape index (κ3) is 3.26. The van der Waals surface area contributed by atoms with Gasteiger partial charge in [-0.25, -0.2) is 4.39 Å². The van der Waals surface area contributed by atoms with Gasteiger partial charge in [-0.15, -0.1) is 0 Å². The molecule has 0 saturated heterocycles. The molecule has 5 heteroatoms. The minimum atomic E-state index is -0.315. The van der Waals surface area contributed by atoms with E-state index in [1.165, 1.54) is 23.3 Å². The number of benzene rings is 3. The topological polar surface area (TPSA) is 44.7 Å². The fraction of sp³-hybridized carbons (Fsp3) is 0.231. The van der Waals surface area contributed by atoms with Crippen LogP contribution in [0.1, 0.15) is 30.5 Å². The molecule has 0 radical (unpaired) electrons. The third-order valence-corrected chi connectivity index (χ3v) is 6.01. The fourth-order valence-electron chi connectivity index (χ4n) is 4.61. The maximum absolute atomic E-state index is 13.8. The van der Waals surface area contributed by atoms with Crippen LogP contribution in [0.4, 0.5) is 15.8 Å². The zero-order valence-electron chi connectivity index (χ0n) is 17.9. The van der Waals surface area contributed by atoms with Crippen molar-refractivity contribution in [3.8, 4) is 16.9 Å². The highest BCUT2D eigenvalue weighted by molar-refractivity contribution is 5.97. The van der Waals surface area contributed by atoms with Gasteiger partial charge >= 0.3 is 0 Å². The highest BCUT2D eigenvalue weighted by Crippen LogP contribution is 2.49. The number of methoxy groups -OCH3 is 1. The molecule has 0 saturated carbocycles. The Morgan fingerprint density at radius 1 is 1.06 bits per heavy atom. The van der Waals surface area contributed by atoms with E-state index in [1.54, 1.807) is 13.2 Å². The Balaban J connectivity index is 1.69. The van der Waals surface area contributed by atoms with Gasteiger partial charge in [0.15, 0.2) is 0 Å². The van der Waals surface area contributed by atoms with Crippen LogP contribution in [0.3, 0.4) is 0 Å². The van der Waals surface area contributed by atoms with Crippen LogP contribution in [-0.4, -0.2) is 17.8 Å². The lowest BCUT2D eigenvalue weighted by Crippen LogP contribution is -2.33. The lowest BCUT2D eigenvalue weighted by atomic mass is 9.89. The van der Waals surface area contributed by atoms with Crippen molar-refractivity contribution < 1.29 is 14.2 Å². The van der Waals surface area contributed by atoms with Crippen LogP contribution in [0.5, 0.6) is 5.75 Å². The van der Waals surface area contributed by atoms with E-state index in [4.69, 9.17) is 4.74 Å². The van der Waals surface area contributed by atoms with Crippen LogP contribution in [-0.2, 0) is 13.2 Å². The van der Waals surface area contributed by atoms with Crippen molar-refractivity contribution in [2.75, 3.05) is 17.3 Å². The number of nitrogens with one attached hydrogen (secondary N) is 1. The first-order valence-corrected chi connectivity index (χ1v) is 10.4. The van der Waals surface area contributed by atoms with Crippen LogP contribution in [0, 0.1) is 5.82 Å². The smallest absolute Gasteiger partial charge is 0.129 e. The average Bonchev–Trinajstić information content (AvgIpc) is 3.13. The van der Waals surface area contributed by atoms with E-state index < -0.39 is 0 Å². The average molecular weight is 416 g/mol. The number of hydrogen-bond donors (Lipinski definition) is 2. The van der Waals surface area contributed by atoms with E-state index in [0.29, 0.717) is 12.3 Å².